The van der Waals surface area contributed by atoms with E-state index in [1.807, 2.05) is 39.8 Å². The molecule has 0 saturated carbocycles. The molecule has 3 rings (SSSR count). The molecule has 6 heteroatoms. The number of aliphatic hydroxyl groups is 1. The Morgan fingerprint density at radius 2 is 1.83 bits per heavy atom. The number of anilines is 1. The average molecular weight is 395 g/mol. The SMILES string of the molecule is CCc1ccc(NC(=O)c2cnn(C(C)(C)C)c2-c2ccc(F)cc2)cc1CO. The minimum absolute atomic E-state index is 0.0876. The summed E-state index contributed by atoms with van der Waals surface area (Å²) in [6.45, 7) is 7.90. The molecule has 1 aromatic heterocycles. The van der Waals surface area contributed by atoms with Gasteiger partial charge in [-0.25, -0.2) is 4.39 Å². The highest BCUT2D eigenvalue weighted by atomic mass is 19.1. The number of hydrogen-bond acceptors (Lipinski definition) is 3. The molecule has 0 aliphatic carbocycles. The quantitative estimate of drug-likeness (QED) is 0.655. The van der Waals surface area contributed by atoms with Crippen molar-refractivity contribution in [1.29, 1.82) is 0 Å². The Labute approximate surface area is 170 Å². The van der Waals surface area contributed by atoms with Gasteiger partial charge in [0.15, 0.2) is 0 Å². The molecule has 1 heterocycles. The van der Waals surface area contributed by atoms with Crippen LogP contribution in [0, 0.1) is 5.82 Å². The van der Waals surface area contributed by atoms with E-state index in [0.717, 1.165) is 17.5 Å². The van der Waals surface area contributed by atoms with Crippen LogP contribution in [0.25, 0.3) is 11.3 Å². The van der Waals surface area contributed by atoms with Crippen LogP contribution in [0.5, 0.6) is 0 Å². The van der Waals surface area contributed by atoms with Crippen LogP contribution < -0.4 is 5.32 Å². The first-order valence-electron chi connectivity index (χ1n) is 9.63. The zero-order valence-corrected chi connectivity index (χ0v) is 17.2. The van der Waals surface area contributed by atoms with E-state index in [1.54, 1.807) is 22.9 Å². The second kappa shape index (κ2) is 8.17. The van der Waals surface area contributed by atoms with Crippen molar-refractivity contribution < 1.29 is 14.3 Å². The molecule has 5 nitrogen and oxygen atoms in total. The maximum absolute atomic E-state index is 13.4. The fraction of sp³-hybridized carbons (Fsp3) is 0.304. The molecule has 0 aliphatic rings. The molecule has 0 unspecified atom stereocenters. The third-order valence-corrected chi connectivity index (χ3v) is 4.78. The van der Waals surface area contributed by atoms with Gasteiger partial charge in [-0.2, -0.15) is 5.10 Å². The lowest BCUT2D eigenvalue weighted by Crippen LogP contribution is -2.24. The summed E-state index contributed by atoms with van der Waals surface area (Å²) in [6, 6.07) is 11.5. The second-order valence-electron chi connectivity index (χ2n) is 7.95. The Morgan fingerprint density at radius 1 is 1.14 bits per heavy atom. The van der Waals surface area contributed by atoms with Crippen molar-refractivity contribution in [3.8, 4) is 11.3 Å². The molecule has 0 atom stereocenters. The molecule has 0 aliphatic heterocycles. The smallest absolute Gasteiger partial charge is 0.259 e. The van der Waals surface area contributed by atoms with Crippen LogP contribution in [0.4, 0.5) is 10.1 Å². The van der Waals surface area contributed by atoms with Gasteiger partial charge in [-0.1, -0.05) is 13.0 Å². The van der Waals surface area contributed by atoms with E-state index in [9.17, 15) is 14.3 Å². The Morgan fingerprint density at radius 3 is 2.41 bits per heavy atom. The highest BCUT2D eigenvalue weighted by molar-refractivity contribution is 6.08. The van der Waals surface area contributed by atoms with Gasteiger partial charge in [0.25, 0.3) is 5.91 Å². The van der Waals surface area contributed by atoms with Gasteiger partial charge >= 0.3 is 0 Å². The zero-order chi connectivity index (χ0) is 21.2. The number of carbonyl (C=O) groups is 1. The van der Waals surface area contributed by atoms with Crippen molar-refractivity contribution in [3.05, 3.63) is 71.2 Å². The lowest BCUT2D eigenvalue weighted by molar-refractivity contribution is 0.102. The first kappa shape index (κ1) is 20.7. The van der Waals surface area contributed by atoms with Gasteiger partial charge in [-0.3, -0.25) is 9.48 Å². The summed E-state index contributed by atoms with van der Waals surface area (Å²) >= 11 is 0. The maximum Gasteiger partial charge on any atom is 0.259 e. The number of amides is 1. The van der Waals surface area contributed by atoms with E-state index in [-0.39, 0.29) is 23.9 Å². The number of aryl methyl sites for hydroxylation is 1. The van der Waals surface area contributed by atoms with Crippen molar-refractivity contribution in [2.45, 2.75) is 46.3 Å². The van der Waals surface area contributed by atoms with Crippen molar-refractivity contribution in [2.75, 3.05) is 5.32 Å². The maximum atomic E-state index is 13.4. The molecule has 152 valence electrons. The Balaban J connectivity index is 2.01. The topological polar surface area (TPSA) is 67.2 Å². The Kier molecular flexibility index (Phi) is 5.84. The third-order valence-electron chi connectivity index (χ3n) is 4.78. The molecule has 0 fully saturated rings. The summed E-state index contributed by atoms with van der Waals surface area (Å²) in [5.74, 6) is -0.651. The Hall–Kier alpha value is -2.99. The summed E-state index contributed by atoms with van der Waals surface area (Å²) in [7, 11) is 0. The van der Waals surface area contributed by atoms with Gasteiger partial charge in [-0.05, 0) is 74.7 Å². The summed E-state index contributed by atoms with van der Waals surface area (Å²) in [5.41, 5.74) is 3.80. The number of nitrogens with one attached hydrogen (secondary N) is 1. The van der Waals surface area contributed by atoms with Crippen LogP contribution in [-0.2, 0) is 18.6 Å². The first-order chi connectivity index (χ1) is 13.7. The first-order valence-corrected chi connectivity index (χ1v) is 9.63. The minimum Gasteiger partial charge on any atom is -0.392 e. The number of aromatic nitrogens is 2. The summed E-state index contributed by atoms with van der Waals surface area (Å²) < 4.78 is 15.2. The molecule has 29 heavy (non-hydrogen) atoms. The van der Waals surface area contributed by atoms with E-state index in [4.69, 9.17) is 0 Å². The van der Waals surface area contributed by atoms with Crippen LogP contribution >= 0.6 is 0 Å². The summed E-state index contributed by atoms with van der Waals surface area (Å²) in [6.07, 6.45) is 2.34. The van der Waals surface area contributed by atoms with Crippen LogP contribution in [0.3, 0.4) is 0 Å². The fourth-order valence-corrected chi connectivity index (χ4v) is 3.30. The molecule has 2 N–H and O–H groups in total. The number of carbonyl (C=O) groups excluding carboxylic acids is 1. The van der Waals surface area contributed by atoms with Crippen LogP contribution in [-0.4, -0.2) is 20.8 Å². The molecule has 2 aromatic carbocycles. The highest BCUT2D eigenvalue weighted by Gasteiger charge is 2.25. The average Bonchev–Trinajstić information content (AvgIpc) is 3.14. The monoisotopic (exact) mass is 395 g/mol. The summed E-state index contributed by atoms with van der Waals surface area (Å²) in [5, 5.41) is 16.9. The van der Waals surface area contributed by atoms with Gasteiger partial charge in [0.05, 0.1) is 29.6 Å². The third kappa shape index (κ3) is 4.38. The van der Waals surface area contributed by atoms with Gasteiger partial charge < -0.3 is 10.4 Å². The molecule has 0 saturated heterocycles. The highest BCUT2D eigenvalue weighted by Crippen LogP contribution is 2.30. The van der Waals surface area contributed by atoms with Crippen molar-refractivity contribution in [2.24, 2.45) is 0 Å². The minimum atomic E-state index is -0.366. The van der Waals surface area contributed by atoms with E-state index in [2.05, 4.69) is 10.4 Å². The van der Waals surface area contributed by atoms with Gasteiger partial charge in [-0.15, -0.1) is 0 Å². The van der Waals surface area contributed by atoms with E-state index < -0.39 is 0 Å². The van der Waals surface area contributed by atoms with Crippen molar-refractivity contribution in [1.82, 2.24) is 9.78 Å². The van der Waals surface area contributed by atoms with Gasteiger partial charge in [0, 0.05) is 11.3 Å². The molecular weight excluding hydrogens is 369 g/mol. The number of benzene rings is 2. The predicted molar refractivity (Wildman–Crippen MR) is 112 cm³/mol. The summed E-state index contributed by atoms with van der Waals surface area (Å²) in [4.78, 5) is 13.1. The van der Waals surface area contributed by atoms with E-state index in [1.165, 1.54) is 18.3 Å². The molecule has 3 aromatic rings. The number of aliphatic hydroxyl groups excluding tert-OH is 1. The van der Waals surface area contributed by atoms with Crippen molar-refractivity contribution in [3.63, 3.8) is 0 Å². The number of hydrogen-bond donors (Lipinski definition) is 2. The zero-order valence-electron chi connectivity index (χ0n) is 17.2. The molecule has 0 spiro atoms. The molecule has 1 amide bonds. The van der Waals surface area contributed by atoms with Crippen molar-refractivity contribution >= 4 is 11.6 Å². The lowest BCUT2D eigenvalue weighted by Gasteiger charge is -2.23. The second-order valence-corrected chi connectivity index (χ2v) is 7.95. The largest absolute Gasteiger partial charge is 0.392 e. The van der Waals surface area contributed by atoms with Gasteiger partial charge in [0.1, 0.15) is 5.82 Å². The lowest BCUT2D eigenvalue weighted by atomic mass is 10.0. The van der Waals surface area contributed by atoms with Crippen LogP contribution in [0.2, 0.25) is 0 Å². The molecule has 0 radical (unpaired) electrons. The van der Waals surface area contributed by atoms with Crippen LogP contribution in [0.15, 0.2) is 48.7 Å². The van der Waals surface area contributed by atoms with Crippen LogP contribution in [0.1, 0.15) is 49.2 Å². The normalized spacial score (nSPS) is 11.5. The van der Waals surface area contributed by atoms with Gasteiger partial charge in [0.2, 0.25) is 0 Å². The number of rotatable bonds is 5. The van der Waals surface area contributed by atoms with E-state index in [0.29, 0.717) is 22.5 Å². The predicted octanol–water partition coefficient (Wildman–Crippen LogP) is 4.75. The molecular formula is C23H26FN3O2. The number of halogens is 1. The standard InChI is InChI=1S/C23H26FN3O2/c1-5-15-8-11-19(12-17(15)14-28)26-22(29)20-13-25-27(23(2,3)4)21(20)16-6-9-18(24)10-7-16/h6-13,28H,5,14H2,1-4H3,(H,26,29). The number of nitrogens with zero attached hydrogens (tertiary/aromatic N) is 2. The van der Waals surface area contributed by atoms with E-state index >= 15 is 0 Å². The fourth-order valence-electron chi connectivity index (χ4n) is 3.30. The Bertz CT molecular complexity index is 1020. The molecule has 0 bridgehead atoms.